The molecule has 9 nitrogen and oxygen atoms in total. The van der Waals surface area contributed by atoms with E-state index in [1.54, 1.807) is 18.3 Å². The van der Waals surface area contributed by atoms with E-state index >= 15 is 0 Å². The predicted octanol–water partition coefficient (Wildman–Crippen LogP) is 3.40. The molecule has 1 unspecified atom stereocenters. The summed E-state index contributed by atoms with van der Waals surface area (Å²) < 4.78 is 21.1. The molecule has 1 amide bonds. The van der Waals surface area contributed by atoms with Gasteiger partial charge < -0.3 is 20.3 Å². The molecule has 6 rings (SSSR count). The second-order valence-electron chi connectivity index (χ2n) is 9.33. The smallest absolute Gasteiger partial charge is 0.230 e. The Hall–Kier alpha value is -3.89. The number of hydrogen-bond acceptors (Lipinski definition) is 7. The van der Waals surface area contributed by atoms with Gasteiger partial charge >= 0.3 is 0 Å². The van der Waals surface area contributed by atoms with Crippen LogP contribution >= 0.6 is 0 Å². The number of aromatic nitrogens is 4. The number of nitrogens with one attached hydrogen (secondary N) is 2. The van der Waals surface area contributed by atoms with Gasteiger partial charge in [0.1, 0.15) is 28.8 Å². The van der Waals surface area contributed by atoms with Crippen LogP contribution in [0.1, 0.15) is 12.8 Å². The van der Waals surface area contributed by atoms with Gasteiger partial charge in [-0.25, -0.2) is 19.3 Å². The number of fused-ring (bicyclic) bond motifs is 1. The van der Waals surface area contributed by atoms with E-state index in [0.29, 0.717) is 30.5 Å². The standard InChI is InChI=1S/C27H28FN7O2/c28-20-5-3-18(4-6-20)25-31-22-7-8-24(34-13-11-29-12-14-34)33-26(22)35(25)21-9-10-30-23(16-21)32-27(36)19-2-1-15-37-17-19/h3-10,16,19,29H,1-2,11-15,17H2,(H,30,32,36). The van der Waals surface area contributed by atoms with Crippen molar-refractivity contribution in [3.8, 4) is 17.1 Å². The van der Waals surface area contributed by atoms with Gasteiger partial charge in [0, 0.05) is 50.6 Å². The van der Waals surface area contributed by atoms with Gasteiger partial charge in [-0.15, -0.1) is 0 Å². The number of pyridine rings is 2. The zero-order valence-corrected chi connectivity index (χ0v) is 20.4. The number of piperazine rings is 1. The summed E-state index contributed by atoms with van der Waals surface area (Å²) in [5, 5.41) is 6.31. The Labute approximate surface area is 213 Å². The molecule has 2 aliphatic heterocycles. The third kappa shape index (κ3) is 4.90. The number of ether oxygens (including phenoxy) is 1. The highest BCUT2D eigenvalue weighted by Gasteiger charge is 2.23. The maximum Gasteiger partial charge on any atom is 0.230 e. The molecule has 0 spiro atoms. The molecule has 0 radical (unpaired) electrons. The van der Waals surface area contributed by atoms with Crippen molar-refractivity contribution in [1.82, 2.24) is 24.8 Å². The Morgan fingerprint density at radius 1 is 1.08 bits per heavy atom. The quantitative estimate of drug-likeness (QED) is 0.433. The molecule has 0 saturated carbocycles. The molecule has 37 heavy (non-hydrogen) atoms. The number of halogens is 1. The van der Waals surface area contributed by atoms with Crippen LogP contribution in [0.25, 0.3) is 28.2 Å². The van der Waals surface area contributed by atoms with Gasteiger partial charge in [0.05, 0.1) is 18.2 Å². The summed E-state index contributed by atoms with van der Waals surface area (Å²) in [6.45, 7) is 4.66. The van der Waals surface area contributed by atoms with Crippen LogP contribution in [0.2, 0.25) is 0 Å². The molecule has 2 saturated heterocycles. The SMILES string of the molecule is O=C(Nc1cc(-n2c(-c3ccc(F)cc3)nc3ccc(N4CCNCC4)nc32)ccn1)C1CCCOC1. The van der Waals surface area contributed by atoms with E-state index in [0.717, 1.165) is 61.6 Å². The van der Waals surface area contributed by atoms with Crippen LogP contribution in [-0.4, -0.2) is 64.8 Å². The Balaban J connectivity index is 1.42. The third-order valence-corrected chi connectivity index (χ3v) is 6.82. The predicted molar refractivity (Wildman–Crippen MR) is 139 cm³/mol. The lowest BCUT2D eigenvalue weighted by atomic mass is 10.0. The minimum Gasteiger partial charge on any atom is -0.381 e. The fourth-order valence-corrected chi connectivity index (χ4v) is 4.86. The Kier molecular flexibility index (Phi) is 6.50. The van der Waals surface area contributed by atoms with E-state index in [-0.39, 0.29) is 17.6 Å². The second-order valence-corrected chi connectivity index (χ2v) is 9.33. The highest BCUT2D eigenvalue weighted by atomic mass is 19.1. The maximum atomic E-state index is 13.7. The minimum absolute atomic E-state index is 0.0993. The van der Waals surface area contributed by atoms with Gasteiger partial charge in [0.15, 0.2) is 5.65 Å². The van der Waals surface area contributed by atoms with Crippen LogP contribution < -0.4 is 15.5 Å². The molecular formula is C27H28FN7O2. The van der Waals surface area contributed by atoms with Gasteiger partial charge in [-0.05, 0) is 55.3 Å². The van der Waals surface area contributed by atoms with E-state index < -0.39 is 0 Å². The van der Waals surface area contributed by atoms with Crippen molar-refractivity contribution in [2.45, 2.75) is 12.8 Å². The number of rotatable bonds is 5. The molecule has 10 heteroatoms. The van der Waals surface area contributed by atoms with E-state index in [1.165, 1.54) is 12.1 Å². The van der Waals surface area contributed by atoms with Gasteiger partial charge in [-0.3, -0.25) is 9.36 Å². The van der Waals surface area contributed by atoms with E-state index in [2.05, 4.69) is 20.5 Å². The number of hydrogen-bond donors (Lipinski definition) is 2. The fourth-order valence-electron chi connectivity index (χ4n) is 4.86. The first-order valence-corrected chi connectivity index (χ1v) is 12.6. The lowest BCUT2D eigenvalue weighted by molar-refractivity contribution is -0.123. The summed E-state index contributed by atoms with van der Waals surface area (Å²) in [7, 11) is 0. The van der Waals surface area contributed by atoms with E-state index in [4.69, 9.17) is 14.7 Å². The highest BCUT2D eigenvalue weighted by molar-refractivity contribution is 5.92. The van der Waals surface area contributed by atoms with Crippen LogP contribution in [0.4, 0.5) is 16.0 Å². The molecule has 0 aliphatic carbocycles. The first kappa shape index (κ1) is 23.5. The van der Waals surface area contributed by atoms with Crippen LogP contribution in [-0.2, 0) is 9.53 Å². The normalized spacial score (nSPS) is 18.2. The van der Waals surface area contributed by atoms with Crippen molar-refractivity contribution >= 4 is 28.7 Å². The number of imidazole rings is 1. The number of anilines is 2. The van der Waals surface area contributed by atoms with Crippen molar-refractivity contribution in [3.63, 3.8) is 0 Å². The Bertz CT molecular complexity index is 1410. The molecule has 4 aromatic rings. The molecule has 190 valence electrons. The largest absolute Gasteiger partial charge is 0.381 e. The number of amides is 1. The minimum atomic E-state index is -0.314. The van der Waals surface area contributed by atoms with E-state index in [9.17, 15) is 9.18 Å². The van der Waals surface area contributed by atoms with Crippen molar-refractivity contribution in [2.24, 2.45) is 5.92 Å². The van der Waals surface area contributed by atoms with Gasteiger partial charge in [-0.1, -0.05) is 0 Å². The molecule has 2 aliphatic rings. The van der Waals surface area contributed by atoms with E-state index in [1.807, 2.05) is 28.8 Å². The number of nitrogens with zero attached hydrogens (tertiary/aromatic N) is 5. The van der Waals surface area contributed by atoms with Gasteiger partial charge in [0.25, 0.3) is 0 Å². The van der Waals surface area contributed by atoms with Crippen LogP contribution in [0.3, 0.4) is 0 Å². The van der Waals surface area contributed by atoms with Crippen LogP contribution in [0, 0.1) is 11.7 Å². The molecule has 3 aromatic heterocycles. The zero-order valence-electron chi connectivity index (χ0n) is 20.4. The molecular weight excluding hydrogens is 473 g/mol. The summed E-state index contributed by atoms with van der Waals surface area (Å²) in [6, 6.07) is 13.9. The molecule has 1 atom stereocenters. The summed E-state index contributed by atoms with van der Waals surface area (Å²) in [6.07, 6.45) is 3.32. The lowest BCUT2D eigenvalue weighted by Gasteiger charge is -2.28. The summed E-state index contributed by atoms with van der Waals surface area (Å²) in [4.78, 5) is 29.3. The molecule has 2 N–H and O–H groups in total. The number of carbonyl (C=O) groups is 1. The Morgan fingerprint density at radius 2 is 1.92 bits per heavy atom. The topological polar surface area (TPSA) is 97.2 Å². The van der Waals surface area contributed by atoms with Crippen molar-refractivity contribution in [3.05, 3.63) is 60.5 Å². The van der Waals surface area contributed by atoms with Crippen molar-refractivity contribution in [2.75, 3.05) is 49.6 Å². The van der Waals surface area contributed by atoms with Crippen molar-refractivity contribution in [1.29, 1.82) is 0 Å². The molecule has 1 aromatic carbocycles. The second kappa shape index (κ2) is 10.2. The molecule has 0 bridgehead atoms. The fraction of sp³-hybridized carbons (Fsp3) is 0.333. The summed E-state index contributed by atoms with van der Waals surface area (Å²) in [5.74, 6) is 1.35. The first-order valence-electron chi connectivity index (χ1n) is 12.6. The lowest BCUT2D eigenvalue weighted by Crippen LogP contribution is -2.43. The summed E-state index contributed by atoms with van der Waals surface area (Å²) >= 11 is 0. The zero-order chi connectivity index (χ0) is 25.2. The average molecular weight is 502 g/mol. The maximum absolute atomic E-state index is 13.7. The highest BCUT2D eigenvalue weighted by Crippen LogP contribution is 2.30. The first-order chi connectivity index (χ1) is 18.2. The van der Waals surface area contributed by atoms with Crippen LogP contribution in [0.15, 0.2) is 54.7 Å². The van der Waals surface area contributed by atoms with Gasteiger partial charge in [0.2, 0.25) is 5.91 Å². The number of carbonyl (C=O) groups excluding carboxylic acids is 1. The molecule has 5 heterocycles. The monoisotopic (exact) mass is 501 g/mol. The molecule has 2 fully saturated rings. The van der Waals surface area contributed by atoms with Crippen LogP contribution in [0.5, 0.6) is 0 Å². The number of benzene rings is 1. The van der Waals surface area contributed by atoms with Gasteiger partial charge in [-0.2, -0.15) is 0 Å². The third-order valence-electron chi connectivity index (χ3n) is 6.82. The van der Waals surface area contributed by atoms with Crippen molar-refractivity contribution < 1.29 is 13.9 Å². The average Bonchev–Trinajstić information content (AvgIpc) is 3.33. The summed E-state index contributed by atoms with van der Waals surface area (Å²) in [5.41, 5.74) is 2.90. The Morgan fingerprint density at radius 3 is 2.70 bits per heavy atom.